The number of thiophene rings is 1. The Balaban J connectivity index is 1.83. The van der Waals surface area contributed by atoms with E-state index in [1.807, 2.05) is 0 Å². The Morgan fingerprint density at radius 3 is 3.19 bits per heavy atom. The van der Waals surface area contributed by atoms with Gasteiger partial charge in [0, 0.05) is 12.1 Å². The third kappa shape index (κ3) is 2.84. The Hall–Kier alpha value is -0.850. The number of hydrogen-bond donors (Lipinski definition) is 1. The van der Waals surface area contributed by atoms with Crippen LogP contribution in [-0.4, -0.2) is 12.1 Å². The smallest absolute Gasteiger partial charge is 0.0672 e. The molecule has 0 aromatic carbocycles. The van der Waals surface area contributed by atoms with Crippen molar-refractivity contribution < 1.29 is 0 Å². The van der Waals surface area contributed by atoms with E-state index in [1.54, 1.807) is 11.3 Å². The number of nitrogens with one attached hydrogen (secondary N) is 1. The van der Waals surface area contributed by atoms with Gasteiger partial charge < -0.3 is 5.32 Å². The van der Waals surface area contributed by atoms with Gasteiger partial charge in [0.25, 0.3) is 0 Å². The van der Waals surface area contributed by atoms with Gasteiger partial charge in [-0.2, -0.15) is 16.6 Å². The van der Waals surface area contributed by atoms with E-state index in [4.69, 9.17) is 5.26 Å². The van der Waals surface area contributed by atoms with Crippen molar-refractivity contribution in [2.24, 2.45) is 5.92 Å². The maximum absolute atomic E-state index is 9.02. The summed E-state index contributed by atoms with van der Waals surface area (Å²) in [6, 6.07) is 5.48. The zero-order chi connectivity index (χ0) is 11.4. The van der Waals surface area contributed by atoms with Gasteiger partial charge in [-0.3, -0.25) is 0 Å². The fourth-order valence-electron chi connectivity index (χ4n) is 2.50. The van der Waals surface area contributed by atoms with E-state index in [0.29, 0.717) is 12.1 Å². The van der Waals surface area contributed by atoms with Crippen LogP contribution >= 0.6 is 11.3 Å². The second-order valence-electron chi connectivity index (χ2n) is 4.68. The second-order valence-corrected chi connectivity index (χ2v) is 5.46. The molecule has 0 amide bonds. The summed E-state index contributed by atoms with van der Waals surface area (Å²) in [6.45, 7) is 2.21. The van der Waals surface area contributed by atoms with Crippen LogP contribution in [0.25, 0.3) is 0 Å². The van der Waals surface area contributed by atoms with E-state index in [-0.39, 0.29) is 5.92 Å². The number of nitrogens with zero attached hydrogens (tertiary/aromatic N) is 1. The van der Waals surface area contributed by atoms with Gasteiger partial charge in [0.1, 0.15) is 0 Å². The predicted octanol–water partition coefficient (Wildman–Crippen LogP) is 2.96. The first-order valence-corrected chi connectivity index (χ1v) is 6.90. The molecule has 0 bridgehead atoms. The van der Waals surface area contributed by atoms with Crippen molar-refractivity contribution in [1.29, 1.82) is 5.26 Å². The molecule has 1 heterocycles. The van der Waals surface area contributed by atoms with Crippen LogP contribution in [0.15, 0.2) is 16.8 Å². The molecule has 2 nitrogen and oxygen atoms in total. The maximum atomic E-state index is 9.02. The van der Waals surface area contributed by atoms with Gasteiger partial charge >= 0.3 is 0 Å². The summed E-state index contributed by atoms with van der Waals surface area (Å²) < 4.78 is 0. The first-order valence-electron chi connectivity index (χ1n) is 5.96. The quantitative estimate of drug-likeness (QED) is 0.869. The van der Waals surface area contributed by atoms with Gasteiger partial charge in [-0.25, -0.2) is 0 Å². The second kappa shape index (κ2) is 5.47. The average molecular weight is 234 g/mol. The molecule has 3 heteroatoms. The Kier molecular flexibility index (Phi) is 3.98. The van der Waals surface area contributed by atoms with Crippen molar-refractivity contribution in [3.05, 3.63) is 22.4 Å². The van der Waals surface area contributed by atoms with Crippen molar-refractivity contribution in [2.75, 3.05) is 0 Å². The molecule has 0 aliphatic heterocycles. The highest BCUT2D eigenvalue weighted by atomic mass is 32.1. The lowest BCUT2D eigenvalue weighted by atomic mass is 10.0. The molecule has 1 aliphatic rings. The highest BCUT2D eigenvalue weighted by Gasteiger charge is 2.27. The van der Waals surface area contributed by atoms with Crippen LogP contribution in [-0.2, 0) is 6.42 Å². The fraction of sp³-hybridized carbons (Fsp3) is 0.615. The summed E-state index contributed by atoms with van der Waals surface area (Å²) in [5.74, 6) is 0.227. The molecule has 1 saturated carbocycles. The number of hydrogen-bond acceptors (Lipinski definition) is 3. The molecule has 0 saturated heterocycles. The molecule has 2 rings (SSSR count). The van der Waals surface area contributed by atoms with E-state index in [1.165, 1.54) is 12.0 Å². The molecule has 16 heavy (non-hydrogen) atoms. The topological polar surface area (TPSA) is 35.8 Å². The van der Waals surface area contributed by atoms with Crippen LogP contribution in [0, 0.1) is 17.2 Å². The van der Waals surface area contributed by atoms with Crippen molar-refractivity contribution in [3.63, 3.8) is 0 Å². The zero-order valence-corrected chi connectivity index (χ0v) is 10.5. The van der Waals surface area contributed by atoms with Crippen molar-refractivity contribution in [3.8, 4) is 6.07 Å². The summed E-state index contributed by atoms with van der Waals surface area (Å²) in [6.07, 6.45) is 4.49. The Bertz CT molecular complexity index is 353. The van der Waals surface area contributed by atoms with Gasteiger partial charge in [0.2, 0.25) is 0 Å². The van der Waals surface area contributed by atoms with E-state index in [0.717, 1.165) is 19.3 Å². The largest absolute Gasteiger partial charge is 0.310 e. The normalized spacial score (nSPS) is 26.5. The lowest BCUT2D eigenvalue weighted by Gasteiger charge is -2.21. The molecule has 1 N–H and O–H groups in total. The third-order valence-electron chi connectivity index (χ3n) is 3.30. The minimum atomic E-state index is 0.227. The van der Waals surface area contributed by atoms with Crippen LogP contribution in [0.1, 0.15) is 31.7 Å². The van der Waals surface area contributed by atoms with Crippen molar-refractivity contribution in [1.82, 2.24) is 5.32 Å². The predicted molar refractivity (Wildman–Crippen MR) is 67.4 cm³/mol. The van der Waals surface area contributed by atoms with Gasteiger partial charge in [-0.1, -0.05) is 6.42 Å². The first kappa shape index (κ1) is 11.6. The third-order valence-corrected chi connectivity index (χ3v) is 4.03. The highest BCUT2D eigenvalue weighted by Crippen LogP contribution is 2.25. The summed E-state index contributed by atoms with van der Waals surface area (Å²) >= 11 is 1.75. The Labute approximate surface area is 101 Å². The molecule has 1 aromatic rings. The van der Waals surface area contributed by atoms with Crippen LogP contribution < -0.4 is 5.32 Å². The van der Waals surface area contributed by atoms with Crippen LogP contribution in [0.5, 0.6) is 0 Å². The molecule has 0 spiro atoms. The first-order chi connectivity index (χ1) is 7.79. The van der Waals surface area contributed by atoms with Crippen LogP contribution in [0.3, 0.4) is 0 Å². The molecule has 1 fully saturated rings. The molecule has 86 valence electrons. The van der Waals surface area contributed by atoms with Gasteiger partial charge in [0.05, 0.1) is 12.0 Å². The minimum absolute atomic E-state index is 0.227. The average Bonchev–Trinajstić information content (AvgIpc) is 2.88. The van der Waals surface area contributed by atoms with E-state index in [9.17, 15) is 0 Å². The minimum Gasteiger partial charge on any atom is -0.310 e. The number of nitriles is 1. The Morgan fingerprint density at radius 1 is 1.62 bits per heavy atom. The zero-order valence-electron chi connectivity index (χ0n) is 9.65. The lowest BCUT2D eigenvalue weighted by molar-refractivity contribution is 0.409. The standard InChI is InChI=1S/C13H18N2S/c1-10(7-11-5-6-16-9-11)15-13-4-2-3-12(13)8-14/h5-6,9-10,12-13,15H,2-4,7H2,1H3. The van der Waals surface area contributed by atoms with Gasteiger partial charge in [-0.05, 0) is 48.6 Å². The number of rotatable bonds is 4. The highest BCUT2D eigenvalue weighted by molar-refractivity contribution is 7.07. The molecule has 1 aromatic heterocycles. The molecule has 3 atom stereocenters. The molecular formula is C13H18N2S. The van der Waals surface area contributed by atoms with Gasteiger partial charge in [0.15, 0.2) is 0 Å². The summed E-state index contributed by atoms with van der Waals surface area (Å²) in [5, 5.41) is 16.9. The molecule has 0 radical (unpaired) electrons. The lowest BCUT2D eigenvalue weighted by Crippen LogP contribution is -2.39. The van der Waals surface area contributed by atoms with Crippen LogP contribution in [0.2, 0.25) is 0 Å². The van der Waals surface area contributed by atoms with E-state index in [2.05, 4.69) is 35.1 Å². The molecule has 1 aliphatic carbocycles. The molecule has 3 unspecified atom stereocenters. The van der Waals surface area contributed by atoms with E-state index < -0.39 is 0 Å². The SMILES string of the molecule is CC(Cc1ccsc1)NC1CCCC1C#N. The van der Waals surface area contributed by atoms with E-state index >= 15 is 0 Å². The Morgan fingerprint density at radius 2 is 2.50 bits per heavy atom. The van der Waals surface area contributed by atoms with Crippen LogP contribution in [0.4, 0.5) is 0 Å². The molecular weight excluding hydrogens is 216 g/mol. The monoisotopic (exact) mass is 234 g/mol. The summed E-state index contributed by atoms with van der Waals surface area (Å²) in [5.41, 5.74) is 1.40. The van der Waals surface area contributed by atoms with Gasteiger partial charge in [-0.15, -0.1) is 0 Å². The fourth-order valence-corrected chi connectivity index (χ4v) is 3.18. The maximum Gasteiger partial charge on any atom is 0.0672 e. The van der Waals surface area contributed by atoms with Crippen molar-refractivity contribution >= 4 is 11.3 Å². The van der Waals surface area contributed by atoms with Crippen molar-refractivity contribution in [2.45, 2.75) is 44.7 Å². The summed E-state index contributed by atoms with van der Waals surface area (Å²) in [4.78, 5) is 0. The summed E-state index contributed by atoms with van der Waals surface area (Å²) in [7, 11) is 0.